The number of nitrogens with zero attached hydrogens (tertiary/aromatic N) is 2. The predicted octanol–water partition coefficient (Wildman–Crippen LogP) is 3.07. The summed E-state index contributed by atoms with van der Waals surface area (Å²) in [4.78, 5) is 16.1. The minimum absolute atomic E-state index is 0.230. The molecule has 0 spiro atoms. The molecule has 0 aliphatic carbocycles. The Morgan fingerprint density at radius 1 is 1.18 bits per heavy atom. The molecule has 3 rings (SSSR count). The van der Waals surface area contributed by atoms with E-state index < -0.39 is 0 Å². The molecule has 4 nitrogen and oxygen atoms in total. The quantitative estimate of drug-likeness (QED) is 0.757. The van der Waals surface area contributed by atoms with Crippen LogP contribution in [0.25, 0.3) is 0 Å². The molecule has 1 atom stereocenters. The van der Waals surface area contributed by atoms with Crippen molar-refractivity contribution in [2.75, 3.05) is 31.1 Å². The standard InChI is InChI=1S/C18H26N2O2/c1-15-5-2-11-19(15)12-4-14-22-17-9-7-16(8-10-17)20-13-3-6-18(20)21/h7-10,15H,2-6,11-14H2,1H3. The fourth-order valence-electron chi connectivity index (χ4n) is 3.43. The highest BCUT2D eigenvalue weighted by atomic mass is 16.5. The maximum absolute atomic E-state index is 11.7. The lowest BCUT2D eigenvalue weighted by molar-refractivity contribution is -0.117. The van der Waals surface area contributed by atoms with Crippen LogP contribution in [0.3, 0.4) is 0 Å². The van der Waals surface area contributed by atoms with Crippen molar-refractivity contribution in [3.63, 3.8) is 0 Å². The van der Waals surface area contributed by atoms with Crippen LogP contribution < -0.4 is 9.64 Å². The van der Waals surface area contributed by atoms with Gasteiger partial charge in [0, 0.05) is 31.2 Å². The predicted molar refractivity (Wildman–Crippen MR) is 88.4 cm³/mol. The first-order valence-electron chi connectivity index (χ1n) is 8.51. The third-order valence-electron chi connectivity index (χ3n) is 4.77. The average Bonchev–Trinajstić information content (AvgIpc) is 3.13. The van der Waals surface area contributed by atoms with Gasteiger partial charge in [-0.1, -0.05) is 0 Å². The van der Waals surface area contributed by atoms with Gasteiger partial charge in [0.2, 0.25) is 5.91 Å². The summed E-state index contributed by atoms with van der Waals surface area (Å²) in [6.07, 6.45) is 5.37. The molecule has 1 unspecified atom stereocenters. The molecule has 0 N–H and O–H groups in total. The number of hydrogen-bond acceptors (Lipinski definition) is 3. The maximum atomic E-state index is 11.7. The third kappa shape index (κ3) is 3.61. The summed E-state index contributed by atoms with van der Waals surface area (Å²) in [5.41, 5.74) is 0.987. The molecule has 0 aromatic heterocycles. The minimum Gasteiger partial charge on any atom is -0.494 e. The van der Waals surface area contributed by atoms with Crippen LogP contribution in [0.2, 0.25) is 0 Å². The SMILES string of the molecule is CC1CCCN1CCCOc1ccc(N2CCCC2=O)cc1. The molecule has 2 fully saturated rings. The minimum atomic E-state index is 0.230. The smallest absolute Gasteiger partial charge is 0.227 e. The molecule has 0 saturated carbocycles. The Balaban J connectivity index is 1.42. The molecule has 0 radical (unpaired) electrons. The van der Waals surface area contributed by atoms with Crippen molar-refractivity contribution in [3.05, 3.63) is 24.3 Å². The molecule has 1 aromatic rings. The molecular formula is C18H26N2O2. The van der Waals surface area contributed by atoms with Crippen LogP contribution in [0.15, 0.2) is 24.3 Å². The van der Waals surface area contributed by atoms with E-state index >= 15 is 0 Å². The first-order chi connectivity index (χ1) is 10.7. The largest absolute Gasteiger partial charge is 0.494 e. The fourth-order valence-corrected chi connectivity index (χ4v) is 3.43. The van der Waals surface area contributed by atoms with Crippen LogP contribution in [0, 0.1) is 0 Å². The number of carbonyl (C=O) groups is 1. The van der Waals surface area contributed by atoms with Crippen LogP contribution in [-0.2, 0) is 4.79 Å². The van der Waals surface area contributed by atoms with Gasteiger partial charge in [-0.15, -0.1) is 0 Å². The summed E-state index contributed by atoms with van der Waals surface area (Å²) in [6, 6.07) is 8.65. The summed E-state index contributed by atoms with van der Waals surface area (Å²) >= 11 is 0. The molecule has 2 aliphatic heterocycles. The lowest BCUT2D eigenvalue weighted by Gasteiger charge is -2.20. The Bertz CT molecular complexity index is 500. The normalized spacial score (nSPS) is 22.5. The van der Waals surface area contributed by atoms with Crippen LogP contribution in [0.5, 0.6) is 5.75 Å². The van der Waals surface area contributed by atoms with E-state index in [2.05, 4.69) is 11.8 Å². The van der Waals surface area contributed by atoms with E-state index in [1.165, 1.54) is 19.4 Å². The topological polar surface area (TPSA) is 32.8 Å². The highest BCUT2D eigenvalue weighted by Gasteiger charge is 2.21. The molecular weight excluding hydrogens is 276 g/mol. The van der Waals surface area contributed by atoms with Crippen molar-refractivity contribution in [2.45, 2.75) is 45.1 Å². The molecule has 22 heavy (non-hydrogen) atoms. The Morgan fingerprint density at radius 2 is 2.00 bits per heavy atom. The van der Waals surface area contributed by atoms with Crippen LogP contribution >= 0.6 is 0 Å². The van der Waals surface area contributed by atoms with Crippen molar-refractivity contribution < 1.29 is 9.53 Å². The zero-order valence-corrected chi connectivity index (χ0v) is 13.5. The zero-order valence-electron chi connectivity index (χ0n) is 13.5. The van der Waals surface area contributed by atoms with E-state index in [9.17, 15) is 4.79 Å². The lowest BCUT2D eigenvalue weighted by Crippen LogP contribution is -2.28. The third-order valence-corrected chi connectivity index (χ3v) is 4.77. The van der Waals surface area contributed by atoms with Gasteiger partial charge in [0.15, 0.2) is 0 Å². The van der Waals surface area contributed by atoms with E-state index in [-0.39, 0.29) is 5.91 Å². The molecule has 2 saturated heterocycles. The van der Waals surface area contributed by atoms with Crippen molar-refractivity contribution >= 4 is 11.6 Å². The van der Waals surface area contributed by atoms with Crippen molar-refractivity contribution in [3.8, 4) is 5.75 Å². The number of ether oxygens (including phenoxy) is 1. The number of amides is 1. The molecule has 120 valence electrons. The average molecular weight is 302 g/mol. The number of anilines is 1. The summed E-state index contributed by atoms with van der Waals surface area (Å²) in [6.45, 7) is 6.27. The first kappa shape index (κ1) is 15.3. The monoisotopic (exact) mass is 302 g/mol. The summed E-state index contributed by atoms with van der Waals surface area (Å²) in [5.74, 6) is 1.12. The molecule has 1 aromatic carbocycles. The van der Waals surface area contributed by atoms with Gasteiger partial charge in [0.05, 0.1) is 6.61 Å². The van der Waals surface area contributed by atoms with Crippen molar-refractivity contribution in [1.82, 2.24) is 4.90 Å². The lowest BCUT2D eigenvalue weighted by atomic mass is 10.2. The van der Waals surface area contributed by atoms with E-state index in [1.807, 2.05) is 29.2 Å². The number of benzene rings is 1. The number of rotatable bonds is 6. The van der Waals surface area contributed by atoms with Gasteiger partial charge >= 0.3 is 0 Å². The number of hydrogen-bond donors (Lipinski definition) is 0. The van der Waals surface area contributed by atoms with Gasteiger partial charge in [-0.2, -0.15) is 0 Å². The van der Waals surface area contributed by atoms with Gasteiger partial charge in [-0.05, 0) is 63.4 Å². The van der Waals surface area contributed by atoms with E-state index in [1.54, 1.807) is 0 Å². The Hall–Kier alpha value is -1.55. The van der Waals surface area contributed by atoms with Crippen molar-refractivity contribution in [2.24, 2.45) is 0 Å². The van der Waals surface area contributed by atoms with Crippen LogP contribution in [0.1, 0.15) is 39.0 Å². The number of carbonyl (C=O) groups excluding carboxylic acids is 1. The Morgan fingerprint density at radius 3 is 2.64 bits per heavy atom. The van der Waals surface area contributed by atoms with Gasteiger partial charge in [-0.3, -0.25) is 4.79 Å². The van der Waals surface area contributed by atoms with Crippen molar-refractivity contribution in [1.29, 1.82) is 0 Å². The van der Waals surface area contributed by atoms with Gasteiger partial charge < -0.3 is 14.5 Å². The van der Waals surface area contributed by atoms with E-state index in [0.29, 0.717) is 6.42 Å². The molecule has 1 amide bonds. The summed E-state index contributed by atoms with van der Waals surface area (Å²) < 4.78 is 5.82. The fraction of sp³-hybridized carbons (Fsp3) is 0.611. The van der Waals surface area contributed by atoms with Crippen LogP contribution in [-0.4, -0.2) is 43.1 Å². The Kier molecular flexibility index (Phi) is 4.98. The Labute approximate surface area is 133 Å². The molecule has 2 aliphatic rings. The van der Waals surface area contributed by atoms with Gasteiger partial charge in [0.25, 0.3) is 0 Å². The second-order valence-corrected chi connectivity index (χ2v) is 6.37. The molecule has 2 heterocycles. The highest BCUT2D eigenvalue weighted by molar-refractivity contribution is 5.95. The second kappa shape index (κ2) is 7.14. The second-order valence-electron chi connectivity index (χ2n) is 6.37. The first-order valence-corrected chi connectivity index (χ1v) is 8.51. The van der Waals surface area contributed by atoms with Gasteiger partial charge in [0.1, 0.15) is 5.75 Å². The van der Waals surface area contributed by atoms with E-state index in [4.69, 9.17) is 4.74 Å². The van der Waals surface area contributed by atoms with Gasteiger partial charge in [-0.25, -0.2) is 0 Å². The summed E-state index contributed by atoms with van der Waals surface area (Å²) in [5, 5.41) is 0. The molecule has 0 bridgehead atoms. The van der Waals surface area contributed by atoms with E-state index in [0.717, 1.165) is 50.0 Å². The summed E-state index contributed by atoms with van der Waals surface area (Å²) in [7, 11) is 0. The highest BCUT2D eigenvalue weighted by Crippen LogP contribution is 2.24. The van der Waals surface area contributed by atoms with Crippen LogP contribution in [0.4, 0.5) is 5.69 Å². The zero-order chi connectivity index (χ0) is 15.4. The molecule has 4 heteroatoms. The maximum Gasteiger partial charge on any atom is 0.227 e. The number of likely N-dealkylation sites (tertiary alicyclic amines) is 1.